The van der Waals surface area contributed by atoms with E-state index < -0.39 is 10.8 Å². The largest absolute Gasteiger partial charge is 0.395 e. The van der Waals surface area contributed by atoms with Gasteiger partial charge in [0.1, 0.15) is 6.61 Å². The van der Waals surface area contributed by atoms with Crippen molar-refractivity contribution >= 4 is 16.5 Å². The summed E-state index contributed by atoms with van der Waals surface area (Å²) < 4.78 is 10.9. The van der Waals surface area contributed by atoms with E-state index >= 15 is 0 Å². The molecule has 1 aliphatic rings. The van der Waals surface area contributed by atoms with Crippen LogP contribution < -0.4 is 5.73 Å². The van der Waals surface area contributed by atoms with Crippen molar-refractivity contribution < 1.29 is 9.05 Å². The third-order valence-corrected chi connectivity index (χ3v) is 2.96. The molecule has 12 heavy (non-hydrogen) atoms. The fourth-order valence-electron chi connectivity index (χ4n) is 0.971. The molecule has 1 fully saturated rings. The summed E-state index contributed by atoms with van der Waals surface area (Å²) in [4.78, 5) is 4.92. The first-order valence-corrected chi connectivity index (χ1v) is 5.54. The minimum absolute atomic E-state index is 0.465. The molecule has 70 valence electrons. The number of nitrogens with zero attached hydrogens (tertiary/aromatic N) is 1. The predicted molar refractivity (Wildman–Crippen MR) is 49.6 cm³/mol. The van der Waals surface area contributed by atoms with E-state index in [0.717, 1.165) is 30.1 Å². The van der Waals surface area contributed by atoms with Crippen molar-refractivity contribution in [2.24, 2.45) is 10.9 Å². The Kier molecular flexibility index (Phi) is 4.24. The Hall–Kier alpha value is -0.420. The van der Waals surface area contributed by atoms with Gasteiger partial charge in [-0.2, -0.15) is 0 Å². The van der Waals surface area contributed by atoms with E-state index in [1.807, 2.05) is 0 Å². The van der Waals surface area contributed by atoms with Crippen molar-refractivity contribution in [1.82, 2.24) is 0 Å². The number of nitrogens with two attached hydrogens (primary N) is 1. The molecule has 0 aliphatic carbocycles. The van der Waals surface area contributed by atoms with Crippen LogP contribution in [0.5, 0.6) is 0 Å². The second-order valence-corrected chi connectivity index (χ2v) is 4.32. The van der Waals surface area contributed by atoms with Crippen molar-refractivity contribution in [3.8, 4) is 0 Å². The van der Waals surface area contributed by atoms with E-state index in [-0.39, 0.29) is 0 Å². The van der Waals surface area contributed by atoms with Gasteiger partial charge in [0.05, 0.1) is 5.71 Å². The molecule has 0 unspecified atom stereocenters. The topological polar surface area (TPSA) is 64.7 Å². The van der Waals surface area contributed by atoms with E-state index in [2.05, 4.69) is 5.16 Å². The van der Waals surface area contributed by atoms with Gasteiger partial charge in [0.25, 0.3) is 0 Å². The van der Waals surface area contributed by atoms with Gasteiger partial charge in [-0.1, -0.05) is 5.16 Å². The molecule has 4 nitrogen and oxygen atoms in total. The van der Waals surface area contributed by atoms with Crippen LogP contribution in [0.25, 0.3) is 0 Å². The lowest BCUT2D eigenvalue weighted by molar-refractivity contribution is 0.151. The molecule has 0 aromatic rings. The Balaban J connectivity index is 2.24. The standard InChI is InChI=1S/C7H14N2O2S/c8-3-4-11-9-7-1-5-12(10)6-2-7/h1-6,8H2. The molecule has 1 saturated heterocycles. The van der Waals surface area contributed by atoms with Crippen LogP contribution >= 0.6 is 0 Å². The maximum absolute atomic E-state index is 10.9. The van der Waals surface area contributed by atoms with Crippen LogP contribution in [0.2, 0.25) is 0 Å². The zero-order valence-corrected chi connectivity index (χ0v) is 7.81. The molecule has 0 spiro atoms. The van der Waals surface area contributed by atoms with E-state index in [9.17, 15) is 4.21 Å². The first kappa shape index (κ1) is 9.67. The quantitative estimate of drug-likeness (QED) is 0.497. The maximum Gasteiger partial charge on any atom is 0.129 e. The molecule has 0 amide bonds. The van der Waals surface area contributed by atoms with Gasteiger partial charge in [0, 0.05) is 41.7 Å². The third kappa shape index (κ3) is 3.32. The van der Waals surface area contributed by atoms with Gasteiger partial charge in [0.15, 0.2) is 0 Å². The zero-order valence-electron chi connectivity index (χ0n) is 6.99. The smallest absolute Gasteiger partial charge is 0.129 e. The van der Waals surface area contributed by atoms with Crippen molar-refractivity contribution in [2.45, 2.75) is 12.8 Å². The SMILES string of the molecule is NCCON=C1CCS(=O)CC1. The van der Waals surface area contributed by atoms with E-state index in [1.54, 1.807) is 0 Å². The molecule has 1 aliphatic heterocycles. The first-order valence-electron chi connectivity index (χ1n) is 4.05. The van der Waals surface area contributed by atoms with Crippen molar-refractivity contribution in [1.29, 1.82) is 0 Å². The van der Waals surface area contributed by atoms with Crippen LogP contribution in [0.4, 0.5) is 0 Å². The van der Waals surface area contributed by atoms with Crippen LogP contribution in [-0.2, 0) is 15.6 Å². The summed E-state index contributed by atoms with van der Waals surface area (Å²) in [5.41, 5.74) is 6.24. The van der Waals surface area contributed by atoms with Crippen molar-refractivity contribution in [3.05, 3.63) is 0 Å². The minimum Gasteiger partial charge on any atom is -0.395 e. The van der Waals surface area contributed by atoms with Gasteiger partial charge in [-0.05, 0) is 0 Å². The summed E-state index contributed by atoms with van der Waals surface area (Å²) in [6, 6.07) is 0. The Morgan fingerprint density at radius 1 is 1.50 bits per heavy atom. The summed E-state index contributed by atoms with van der Waals surface area (Å²) in [5.74, 6) is 1.45. The van der Waals surface area contributed by atoms with Gasteiger partial charge < -0.3 is 10.6 Å². The normalized spacial score (nSPS) is 23.8. The minimum atomic E-state index is -0.629. The molecule has 0 aromatic carbocycles. The molecule has 1 rings (SSSR count). The Bertz CT molecular complexity index is 182. The Morgan fingerprint density at radius 2 is 2.17 bits per heavy atom. The molecule has 0 saturated carbocycles. The molecule has 1 heterocycles. The highest BCUT2D eigenvalue weighted by Crippen LogP contribution is 2.05. The second kappa shape index (κ2) is 5.27. The molecule has 0 atom stereocenters. The summed E-state index contributed by atoms with van der Waals surface area (Å²) in [6.07, 6.45) is 1.61. The van der Waals surface area contributed by atoms with Crippen LogP contribution in [-0.4, -0.2) is 34.6 Å². The molecule has 0 bridgehead atoms. The fourth-order valence-corrected chi connectivity index (χ4v) is 2.10. The Morgan fingerprint density at radius 3 is 2.75 bits per heavy atom. The molecule has 0 aromatic heterocycles. The van der Waals surface area contributed by atoms with Crippen LogP contribution in [0.3, 0.4) is 0 Å². The average molecular weight is 190 g/mol. The molecular weight excluding hydrogens is 176 g/mol. The first-order chi connectivity index (χ1) is 5.83. The van der Waals surface area contributed by atoms with Crippen LogP contribution in [0.1, 0.15) is 12.8 Å². The second-order valence-electron chi connectivity index (χ2n) is 2.63. The van der Waals surface area contributed by atoms with Crippen molar-refractivity contribution in [2.75, 3.05) is 24.7 Å². The summed E-state index contributed by atoms with van der Waals surface area (Å²) in [5, 5.41) is 3.91. The van der Waals surface area contributed by atoms with Gasteiger partial charge in [0.2, 0.25) is 0 Å². The number of hydrogen-bond donors (Lipinski definition) is 1. The number of oxime groups is 1. The predicted octanol–water partition coefficient (Wildman–Crippen LogP) is -0.140. The lowest BCUT2D eigenvalue weighted by Gasteiger charge is -2.11. The van der Waals surface area contributed by atoms with Crippen LogP contribution in [0.15, 0.2) is 5.16 Å². The molecule has 5 heteroatoms. The number of rotatable bonds is 3. The van der Waals surface area contributed by atoms with Gasteiger partial charge in [-0.15, -0.1) is 0 Å². The summed E-state index contributed by atoms with van der Waals surface area (Å²) >= 11 is 0. The third-order valence-electron chi connectivity index (χ3n) is 1.64. The lowest BCUT2D eigenvalue weighted by Crippen LogP contribution is -2.18. The van der Waals surface area contributed by atoms with E-state index in [4.69, 9.17) is 10.6 Å². The average Bonchev–Trinajstić information content (AvgIpc) is 2.09. The maximum atomic E-state index is 10.9. The van der Waals surface area contributed by atoms with Gasteiger partial charge in [-0.3, -0.25) is 4.21 Å². The van der Waals surface area contributed by atoms with Gasteiger partial charge in [-0.25, -0.2) is 0 Å². The monoisotopic (exact) mass is 190 g/mol. The molecule has 2 N–H and O–H groups in total. The highest BCUT2D eigenvalue weighted by Gasteiger charge is 2.12. The highest BCUT2D eigenvalue weighted by molar-refractivity contribution is 7.85. The van der Waals surface area contributed by atoms with Crippen molar-refractivity contribution in [3.63, 3.8) is 0 Å². The van der Waals surface area contributed by atoms with Gasteiger partial charge >= 0.3 is 0 Å². The lowest BCUT2D eigenvalue weighted by atomic mass is 10.2. The molecular formula is C7H14N2O2S. The zero-order chi connectivity index (χ0) is 8.81. The fraction of sp³-hybridized carbons (Fsp3) is 0.857. The van der Waals surface area contributed by atoms with E-state index in [0.29, 0.717) is 13.2 Å². The van der Waals surface area contributed by atoms with Crippen LogP contribution in [0, 0.1) is 0 Å². The summed E-state index contributed by atoms with van der Waals surface area (Å²) in [6.45, 7) is 0.954. The summed E-state index contributed by atoms with van der Waals surface area (Å²) in [7, 11) is -0.629. The Labute approximate surface area is 74.6 Å². The number of hydrogen-bond acceptors (Lipinski definition) is 4. The van der Waals surface area contributed by atoms with E-state index in [1.165, 1.54) is 0 Å². The highest BCUT2D eigenvalue weighted by atomic mass is 32.2. The molecule has 0 radical (unpaired) electrons.